The molecule has 3 heteroatoms. The Balaban J connectivity index is 2.30. The molecule has 0 aromatic heterocycles. The molecule has 0 heterocycles. The van der Waals surface area contributed by atoms with Gasteiger partial charge in [0.15, 0.2) is 0 Å². The van der Waals surface area contributed by atoms with Crippen molar-refractivity contribution >= 4 is 8.07 Å². The van der Waals surface area contributed by atoms with Crippen molar-refractivity contribution < 1.29 is 9.47 Å². The summed E-state index contributed by atoms with van der Waals surface area (Å²) in [6.45, 7) is 12.4. The molecule has 0 saturated heterocycles. The quantitative estimate of drug-likeness (QED) is 0.361. The Bertz CT molecular complexity index is 455. The van der Waals surface area contributed by atoms with Gasteiger partial charge in [-0.15, -0.1) is 0 Å². The lowest BCUT2D eigenvalue weighted by Crippen LogP contribution is -2.19. The number of benzene rings is 1. The summed E-state index contributed by atoms with van der Waals surface area (Å²) in [4.78, 5) is 0. The second-order valence-corrected chi connectivity index (χ2v) is 11.9. The van der Waals surface area contributed by atoms with Gasteiger partial charge in [0.1, 0.15) is 5.75 Å². The number of rotatable bonds is 9. The molecule has 0 bridgehead atoms. The Hall–Kier alpha value is -1.32. The third kappa shape index (κ3) is 7.88. The Kier molecular flexibility index (Phi) is 7.47. The number of hydrogen-bond donors (Lipinski definition) is 0. The van der Waals surface area contributed by atoms with Gasteiger partial charge in [0.25, 0.3) is 0 Å². The Morgan fingerprint density at radius 2 is 1.86 bits per heavy atom. The SMILES string of the molecule is C=C/C(=C\CCOCc1ccc(OC)cc1)C[Si](C)(C)C. The minimum absolute atomic E-state index is 0.648. The molecule has 21 heavy (non-hydrogen) atoms. The Morgan fingerprint density at radius 3 is 2.38 bits per heavy atom. The Labute approximate surface area is 130 Å². The van der Waals surface area contributed by atoms with Crippen LogP contribution >= 0.6 is 0 Å². The number of allylic oxidation sites excluding steroid dienone is 2. The predicted molar refractivity (Wildman–Crippen MR) is 93.7 cm³/mol. The van der Waals surface area contributed by atoms with E-state index in [1.165, 1.54) is 17.2 Å². The second kappa shape index (κ2) is 8.85. The zero-order valence-electron chi connectivity index (χ0n) is 13.8. The molecule has 0 radical (unpaired) electrons. The van der Waals surface area contributed by atoms with Gasteiger partial charge >= 0.3 is 0 Å². The average molecular weight is 305 g/mol. The second-order valence-electron chi connectivity index (χ2n) is 6.41. The van der Waals surface area contributed by atoms with Gasteiger partial charge in [0.2, 0.25) is 0 Å². The van der Waals surface area contributed by atoms with Crippen molar-refractivity contribution in [2.45, 2.75) is 38.7 Å². The van der Waals surface area contributed by atoms with Crippen molar-refractivity contribution in [3.63, 3.8) is 0 Å². The van der Waals surface area contributed by atoms with E-state index >= 15 is 0 Å². The van der Waals surface area contributed by atoms with Crippen molar-refractivity contribution in [1.82, 2.24) is 0 Å². The summed E-state index contributed by atoms with van der Waals surface area (Å²) in [5.74, 6) is 0.878. The summed E-state index contributed by atoms with van der Waals surface area (Å²) >= 11 is 0. The molecule has 0 fully saturated rings. The van der Waals surface area contributed by atoms with Crippen LogP contribution in [0.1, 0.15) is 12.0 Å². The van der Waals surface area contributed by atoms with E-state index in [9.17, 15) is 0 Å². The molecular weight excluding hydrogens is 276 g/mol. The summed E-state index contributed by atoms with van der Waals surface area (Å²) in [6.07, 6.45) is 5.20. The first-order valence-corrected chi connectivity index (χ1v) is 11.2. The number of methoxy groups -OCH3 is 1. The van der Waals surface area contributed by atoms with E-state index in [4.69, 9.17) is 9.47 Å². The van der Waals surface area contributed by atoms with Gasteiger partial charge < -0.3 is 9.47 Å². The highest BCUT2D eigenvalue weighted by Gasteiger charge is 2.13. The van der Waals surface area contributed by atoms with Gasteiger partial charge in [0, 0.05) is 8.07 Å². The van der Waals surface area contributed by atoms with E-state index in [2.05, 4.69) is 32.3 Å². The fourth-order valence-electron chi connectivity index (χ4n) is 2.08. The molecule has 1 aromatic carbocycles. The van der Waals surface area contributed by atoms with Crippen LogP contribution in [0.5, 0.6) is 5.75 Å². The third-order valence-corrected chi connectivity index (χ3v) is 4.56. The third-order valence-electron chi connectivity index (χ3n) is 3.09. The maximum absolute atomic E-state index is 5.71. The van der Waals surface area contributed by atoms with Crippen LogP contribution < -0.4 is 4.74 Å². The van der Waals surface area contributed by atoms with Gasteiger partial charge in [-0.1, -0.05) is 56.1 Å². The van der Waals surface area contributed by atoms with E-state index in [-0.39, 0.29) is 0 Å². The van der Waals surface area contributed by atoms with E-state index in [1.807, 2.05) is 30.3 Å². The molecule has 0 N–H and O–H groups in total. The van der Waals surface area contributed by atoms with Gasteiger partial charge in [-0.3, -0.25) is 0 Å². The molecule has 2 nitrogen and oxygen atoms in total. The van der Waals surface area contributed by atoms with Crippen molar-refractivity contribution in [2.24, 2.45) is 0 Å². The monoisotopic (exact) mass is 304 g/mol. The van der Waals surface area contributed by atoms with Crippen molar-refractivity contribution in [3.05, 3.63) is 54.1 Å². The van der Waals surface area contributed by atoms with Gasteiger partial charge in [-0.05, 0) is 30.2 Å². The van der Waals surface area contributed by atoms with E-state index < -0.39 is 8.07 Å². The highest BCUT2D eigenvalue weighted by atomic mass is 28.3. The molecule has 1 rings (SSSR count). The maximum atomic E-state index is 5.71. The smallest absolute Gasteiger partial charge is 0.118 e. The fourth-order valence-corrected chi connectivity index (χ4v) is 3.59. The molecular formula is C18H28O2Si. The summed E-state index contributed by atoms with van der Waals surface area (Å²) in [5.41, 5.74) is 2.54. The van der Waals surface area contributed by atoms with Gasteiger partial charge in [-0.2, -0.15) is 0 Å². The first kappa shape index (κ1) is 17.7. The lowest BCUT2D eigenvalue weighted by Gasteiger charge is -2.16. The van der Waals surface area contributed by atoms with Gasteiger partial charge in [0.05, 0.1) is 20.3 Å². The average Bonchev–Trinajstić information content (AvgIpc) is 2.45. The van der Waals surface area contributed by atoms with E-state index in [0.29, 0.717) is 6.61 Å². The zero-order chi connectivity index (χ0) is 15.7. The van der Waals surface area contributed by atoms with Crippen LogP contribution in [0.25, 0.3) is 0 Å². The summed E-state index contributed by atoms with van der Waals surface area (Å²) in [5, 5.41) is 0. The maximum Gasteiger partial charge on any atom is 0.118 e. The number of hydrogen-bond acceptors (Lipinski definition) is 2. The minimum Gasteiger partial charge on any atom is -0.497 e. The topological polar surface area (TPSA) is 18.5 Å². The Morgan fingerprint density at radius 1 is 1.19 bits per heavy atom. The molecule has 0 unspecified atom stereocenters. The standard InChI is InChI=1S/C18H28O2Si/c1-6-16(15-21(3,4)5)8-7-13-20-14-17-9-11-18(19-2)12-10-17/h6,8-12H,1,7,13-15H2,2-5H3/b16-8+. The van der Waals surface area contributed by atoms with E-state index in [1.54, 1.807) is 7.11 Å². The number of ether oxygens (including phenoxy) is 2. The minimum atomic E-state index is -1.06. The van der Waals surface area contributed by atoms with Crippen LogP contribution in [-0.2, 0) is 11.3 Å². The van der Waals surface area contributed by atoms with Crippen LogP contribution in [-0.4, -0.2) is 21.8 Å². The first-order chi connectivity index (χ1) is 9.94. The first-order valence-electron chi connectivity index (χ1n) is 7.47. The van der Waals surface area contributed by atoms with Gasteiger partial charge in [-0.25, -0.2) is 0 Å². The summed E-state index contributed by atoms with van der Waals surface area (Å²) in [7, 11) is 0.612. The summed E-state index contributed by atoms with van der Waals surface area (Å²) < 4.78 is 10.8. The van der Waals surface area contributed by atoms with E-state index in [0.717, 1.165) is 18.8 Å². The molecule has 0 aliphatic carbocycles. The molecule has 0 saturated carbocycles. The lowest BCUT2D eigenvalue weighted by atomic mass is 10.2. The lowest BCUT2D eigenvalue weighted by molar-refractivity contribution is 0.125. The summed E-state index contributed by atoms with van der Waals surface area (Å²) in [6, 6.07) is 9.18. The highest BCUT2D eigenvalue weighted by molar-refractivity contribution is 6.76. The van der Waals surface area contributed by atoms with Crippen LogP contribution in [0.2, 0.25) is 25.7 Å². The molecule has 0 aliphatic rings. The predicted octanol–water partition coefficient (Wildman–Crippen LogP) is 5.05. The van der Waals surface area contributed by atoms with Crippen molar-refractivity contribution in [2.75, 3.05) is 13.7 Å². The fraction of sp³-hybridized carbons (Fsp3) is 0.444. The van der Waals surface area contributed by atoms with Crippen LogP contribution in [0.3, 0.4) is 0 Å². The molecule has 0 aliphatic heterocycles. The van der Waals surface area contributed by atoms with Crippen molar-refractivity contribution in [1.29, 1.82) is 0 Å². The van der Waals surface area contributed by atoms with Crippen LogP contribution in [0, 0.1) is 0 Å². The molecule has 1 aromatic rings. The molecule has 0 spiro atoms. The normalized spacial score (nSPS) is 12.3. The zero-order valence-corrected chi connectivity index (χ0v) is 14.8. The van der Waals surface area contributed by atoms with Crippen LogP contribution in [0.4, 0.5) is 0 Å². The molecule has 0 amide bonds. The highest BCUT2D eigenvalue weighted by Crippen LogP contribution is 2.17. The molecule has 116 valence electrons. The van der Waals surface area contributed by atoms with Crippen LogP contribution in [0.15, 0.2) is 48.6 Å². The van der Waals surface area contributed by atoms with Crippen molar-refractivity contribution in [3.8, 4) is 5.75 Å². The largest absolute Gasteiger partial charge is 0.497 e. The molecule has 0 atom stereocenters.